The molecule has 1 aromatic carbocycles. The Hall–Kier alpha value is -1.03. The molecule has 4 heteroatoms. The van der Waals surface area contributed by atoms with Crippen LogP contribution in [0.25, 0.3) is 0 Å². The molecule has 0 radical (unpaired) electrons. The van der Waals surface area contributed by atoms with Crippen molar-refractivity contribution in [1.82, 2.24) is 4.90 Å². The fourth-order valence-corrected chi connectivity index (χ4v) is 2.57. The molecule has 0 aromatic heterocycles. The Kier molecular flexibility index (Phi) is 3.06. The van der Waals surface area contributed by atoms with E-state index in [1.54, 1.807) is 0 Å². The summed E-state index contributed by atoms with van der Waals surface area (Å²) in [6.45, 7) is 0. The number of rotatable bonds is 3. The summed E-state index contributed by atoms with van der Waals surface area (Å²) in [5, 5.41) is 0. The van der Waals surface area contributed by atoms with Crippen LogP contribution in [0.4, 0.5) is 0 Å². The van der Waals surface area contributed by atoms with Crippen molar-refractivity contribution in [2.45, 2.75) is 37.3 Å². The molecule has 2 aliphatic carbocycles. The third kappa shape index (κ3) is 2.53. The van der Waals surface area contributed by atoms with Gasteiger partial charge in [-0.25, -0.2) is 4.99 Å². The van der Waals surface area contributed by atoms with E-state index in [4.69, 9.17) is 5.73 Å². The van der Waals surface area contributed by atoms with E-state index in [0.29, 0.717) is 24.0 Å². The summed E-state index contributed by atoms with van der Waals surface area (Å²) in [4.78, 5) is 6.76. The fourth-order valence-electron chi connectivity index (χ4n) is 2.30. The second-order valence-corrected chi connectivity index (χ2v) is 6.21. The van der Waals surface area contributed by atoms with Gasteiger partial charge in [-0.05, 0) is 37.0 Å². The van der Waals surface area contributed by atoms with Gasteiger partial charge in [-0.15, -0.1) is 0 Å². The van der Waals surface area contributed by atoms with Crippen LogP contribution in [0.5, 0.6) is 0 Å². The number of nitrogens with two attached hydrogens (primary N) is 1. The van der Waals surface area contributed by atoms with E-state index in [9.17, 15) is 0 Å². The Balaban J connectivity index is 1.63. The van der Waals surface area contributed by atoms with Crippen LogP contribution < -0.4 is 5.73 Å². The van der Waals surface area contributed by atoms with Gasteiger partial charge >= 0.3 is 0 Å². The SMILES string of the molecule is CN(C(N)=N[C@@H]1C[C@H]1c1ccc(Br)cc1)C1CC1. The number of aliphatic imine (C=N–C) groups is 1. The van der Waals surface area contributed by atoms with Gasteiger partial charge in [-0.1, -0.05) is 28.1 Å². The van der Waals surface area contributed by atoms with E-state index in [2.05, 4.69) is 50.1 Å². The lowest BCUT2D eigenvalue weighted by Crippen LogP contribution is -2.36. The molecule has 2 N–H and O–H groups in total. The minimum atomic E-state index is 0.382. The lowest BCUT2D eigenvalue weighted by atomic mass is 10.1. The Labute approximate surface area is 116 Å². The molecule has 2 saturated carbocycles. The Morgan fingerprint density at radius 3 is 2.61 bits per heavy atom. The zero-order chi connectivity index (χ0) is 12.7. The Bertz CT molecular complexity index is 464. The molecule has 3 nitrogen and oxygen atoms in total. The lowest BCUT2D eigenvalue weighted by Gasteiger charge is -2.16. The van der Waals surface area contributed by atoms with Gasteiger partial charge in [0.05, 0.1) is 6.04 Å². The summed E-state index contributed by atoms with van der Waals surface area (Å²) in [6, 6.07) is 9.55. The number of halogens is 1. The van der Waals surface area contributed by atoms with Crippen molar-refractivity contribution in [2.75, 3.05) is 7.05 Å². The number of nitrogens with zero attached hydrogens (tertiary/aromatic N) is 2. The summed E-state index contributed by atoms with van der Waals surface area (Å²) in [6.07, 6.45) is 3.64. The summed E-state index contributed by atoms with van der Waals surface area (Å²) in [7, 11) is 2.05. The average Bonchev–Trinajstić information content (AvgIpc) is 3.23. The number of guanidine groups is 1. The van der Waals surface area contributed by atoms with Crippen LogP contribution in [0.1, 0.15) is 30.7 Å². The van der Waals surface area contributed by atoms with E-state index < -0.39 is 0 Å². The van der Waals surface area contributed by atoms with E-state index in [0.717, 1.165) is 10.9 Å². The standard InChI is InChI=1S/C14H18BrN3/c1-18(11-6-7-11)14(16)17-13-8-12(13)9-2-4-10(15)5-3-9/h2-5,11-13H,6-8H2,1H3,(H2,16,17)/t12-,13+/m0/s1. The van der Waals surface area contributed by atoms with Crippen molar-refractivity contribution in [1.29, 1.82) is 0 Å². The molecule has 2 aliphatic rings. The highest BCUT2D eigenvalue weighted by Crippen LogP contribution is 2.43. The molecule has 0 unspecified atom stereocenters. The quantitative estimate of drug-likeness (QED) is 0.689. The highest BCUT2D eigenvalue weighted by atomic mass is 79.9. The van der Waals surface area contributed by atoms with Crippen LogP contribution in [-0.2, 0) is 0 Å². The van der Waals surface area contributed by atoms with Crippen molar-refractivity contribution < 1.29 is 0 Å². The van der Waals surface area contributed by atoms with Crippen LogP contribution in [0.3, 0.4) is 0 Å². The molecule has 0 amide bonds. The summed E-state index contributed by atoms with van der Waals surface area (Å²) in [5.41, 5.74) is 7.40. The maximum atomic E-state index is 6.03. The monoisotopic (exact) mass is 307 g/mol. The molecule has 0 bridgehead atoms. The van der Waals surface area contributed by atoms with Crippen LogP contribution in [0.15, 0.2) is 33.7 Å². The molecule has 0 saturated heterocycles. The first kappa shape index (κ1) is 12.0. The average molecular weight is 308 g/mol. The normalized spacial score (nSPS) is 27.1. The van der Waals surface area contributed by atoms with Gasteiger partial charge in [0.2, 0.25) is 0 Å². The maximum absolute atomic E-state index is 6.03. The van der Waals surface area contributed by atoms with Gasteiger partial charge in [-0.3, -0.25) is 0 Å². The van der Waals surface area contributed by atoms with Gasteiger partial charge in [-0.2, -0.15) is 0 Å². The second kappa shape index (κ2) is 4.57. The minimum Gasteiger partial charge on any atom is -0.370 e. The number of benzene rings is 1. The first-order valence-electron chi connectivity index (χ1n) is 6.46. The minimum absolute atomic E-state index is 0.382. The lowest BCUT2D eigenvalue weighted by molar-refractivity contribution is 0.487. The topological polar surface area (TPSA) is 41.6 Å². The second-order valence-electron chi connectivity index (χ2n) is 5.29. The molecule has 2 atom stereocenters. The molecule has 0 heterocycles. The van der Waals surface area contributed by atoms with Crippen LogP contribution in [-0.4, -0.2) is 30.0 Å². The first-order chi connectivity index (χ1) is 8.65. The van der Waals surface area contributed by atoms with Gasteiger partial charge < -0.3 is 10.6 Å². The van der Waals surface area contributed by atoms with Crippen LogP contribution in [0, 0.1) is 0 Å². The van der Waals surface area contributed by atoms with E-state index in [-0.39, 0.29) is 0 Å². The van der Waals surface area contributed by atoms with Gasteiger partial charge in [0, 0.05) is 23.5 Å². The molecular formula is C14H18BrN3. The molecule has 0 spiro atoms. The third-order valence-electron chi connectivity index (χ3n) is 3.81. The molecule has 2 fully saturated rings. The maximum Gasteiger partial charge on any atom is 0.191 e. The smallest absolute Gasteiger partial charge is 0.191 e. The van der Waals surface area contributed by atoms with Crippen LogP contribution in [0.2, 0.25) is 0 Å². The molecule has 1 aromatic rings. The van der Waals surface area contributed by atoms with Crippen molar-refractivity contribution in [3.8, 4) is 0 Å². The third-order valence-corrected chi connectivity index (χ3v) is 4.34. The predicted octanol–water partition coefficient (Wildman–Crippen LogP) is 2.71. The van der Waals surface area contributed by atoms with Crippen molar-refractivity contribution in [2.24, 2.45) is 10.7 Å². The van der Waals surface area contributed by atoms with Gasteiger partial charge in [0.1, 0.15) is 0 Å². The zero-order valence-electron chi connectivity index (χ0n) is 10.5. The van der Waals surface area contributed by atoms with Gasteiger partial charge in [0.25, 0.3) is 0 Å². The highest BCUT2D eigenvalue weighted by Gasteiger charge is 2.39. The van der Waals surface area contributed by atoms with Crippen molar-refractivity contribution >= 4 is 21.9 Å². The van der Waals surface area contributed by atoms with Crippen molar-refractivity contribution in [3.05, 3.63) is 34.3 Å². The molecule has 0 aliphatic heterocycles. The van der Waals surface area contributed by atoms with Crippen molar-refractivity contribution in [3.63, 3.8) is 0 Å². The zero-order valence-corrected chi connectivity index (χ0v) is 12.1. The fraction of sp³-hybridized carbons (Fsp3) is 0.500. The number of hydrogen-bond acceptors (Lipinski definition) is 1. The van der Waals surface area contributed by atoms with E-state index >= 15 is 0 Å². The summed E-state index contributed by atoms with van der Waals surface area (Å²) < 4.78 is 1.12. The Morgan fingerprint density at radius 1 is 1.33 bits per heavy atom. The molecule has 96 valence electrons. The van der Waals surface area contributed by atoms with E-state index in [1.807, 2.05) is 7.05 Å². The predicted molar refractivity (Wildman–Crippen MR) is 77.7 cm³/mol. The summed E-state index contributed by atoms with van der Waals surface area (Å²) in [5.74, 6) is 1.27. The van der Waals surface area contributed by atoms with E-state index in [1.165, 1.54) is 18.4 Å². The Morgan fingerprint density at radius 2 is 2.00 bits per heavy atom. The molecule has 18 heavy (non-hydrogen) atoms. The molecular weight excluding hydrogens is 290 g/mol. The number of hydrogen-bond donors (Lipinski definition) is 1. The first-order valence-corrected chi connectivity index (χ1v) is 7.26. The van der Waals surface area contributed by atoms with Crippen LogP contribution >= 0.6 is 15.9 Å². The van der Waals surface area contributed by atoms with Gasteiger partial charge in [0.15, 0.2) is 5.96 Å². The summed E-state index contributed by atoms with van der Waals surface area (Å²) >= 11 is 3.46. The molecule has 3 rings (SSSR count). The highest BCUT2D eigenvalue weighted by molar-refractivity contribution is 9.10. The largest absolute Gasteiger partial charge is 0.370 e.